The molecule has 2 aromatic carbocycles. The molecule has 164 valence electrons. The van der Waals surface area contributed by atoms with E-state index < -0.39 is 5.97 Å². The average Bonchev–Trinajstić information content (AvgIpc) is 2.77. The molecule has 0 saturated carbocycles. The fourth-order valence-corrected chi connectivity index (χ4v) is 3.42. The number of anilines is 1. The van der Waals surface area contributed by atoms with E-state index in [1.807, 2.05) is 12.1 Å². The van der Waals surface area contributed by atoms with Gasteiger partial charge in [-0.15, -0.1) is 0 Å². The Balaban J connectivity index is 1.54. The highest BCUT2D eigenvalue weighted by Crippen LogP contribution is 2.16. The molecule has 0 amide bonds. The van der Waals surface area contributed by atoms with Crippen molar-refractivity contribution in [1.82, 2.24) is 0 Å². The lowest BCUT2D eigenvalue weighted by Gasteiger charge is -2.09. The third-order valence-corrected chi connectivity index (χ3v) is 5.32. The van der Waals surface area contributed by atoms with E-state index in [4.69, 9.17) is 9.84 Å². The first-order valence-corrected chi connectivity index (χ1v) is 11.5. The number of carbonyl (C=O) groups is 1. The number of benzene rings is 2. The number of hydrogen-bond acceptors (Lipinski definition) is 3. The summed E-state index contributed by atoms with van der Waals surface area (Å²) in [7, 11) is 0. The molecular formula is C26H37NO3. The van der Waals surface area contributed by atoms with Crippen molar-refractivity contribution >= 4 is 11.7 Å². The second-order valence-corrected chi connectivity index (χ2v) is 7.91. The highest BCUT2D eigenvalue weighted by atomic mass is 16.5. The van der Waals surface area contributed by atoms with Gasteiger partial charge in [-0.05, 0) is 48.4 Å². The van der Waals surface area contributed by atoms with E-state index in [0.29, 0.717) is 12.1 Å². The SMILES string of the molecule is CCCCCCCCCCCCOc1ccc(CNc2ccc(C(=O)O)cc2)cc1. The van der Waals surface area contributed by atoms with Crippen molar-refractivity contribution in [2.45, 2.75) is 77.7 Å². The summed E-state index contributed by atoms with van der Waals surface area (Å²) in [5, 5.41) is 12.2. The number of rotatable bonds is 16. The second kappa shape index (κ2) is 14.5. The summed E-state index contributed by atoms with van der Waals surface area (Å²) in [4.78, 5) is 10.9. The maximum Gasteiger partial charge on any atom is 0.335 e. The van der Waals surface area contributed by atoms with Crippen LogP contribution in [0.5, 0.6) is 5.75 Å². The molecule has 0 aliphatic rings. The van der Waals surface area contributed by atoms with Crippen LogP contribution >= 0.6 is 0 Å². The largest absolute Gasteiger partial charge is 0.494 e. The molecule has 0 aromatic heterocycles. The molecule has 0 aliphatic heterocycles. The summed E-state index contributed by atoms with van der Waals surface area (Å²) in [6.45, 7) is 3.73. The van der Waals surface area contributed by atoms with Crippen LogP contribution in [0.3, 0.4) is 0 Å². The van der Waals surface area contributed by atoms with Crippen LogP contribution in [0.1, 0.15) is 87.1 Å². The van der Waals surface area contributed by atoms with Gasteiger partial charge in [-0.1, -0.05) is 76.8 Å². The average molecular weight is 412 g/mol. The van der Waals surface area contributed by atoms with Gasteiger partial charge in [-0.25, -0.2) is 4.79 Å². The van der Waals surface area contributed by atoms with Crippen LogP contribution in [-0.4, -0.2) is 17.7 Å². The number of carboxylic acid groups (broad SMARTS) is 1. The first-order valence-electron chi connectivity index (χ1n) is 11.5. The number of ether oxygens (including phenoxy) is 1. The third-order valence-electron chi connectivity index (χ3n) is 5.32. The fourth-order valence-electron chi connectivity index (χ4n) is 3.42. The van der Waals surface area contributed by atoms with E-state index >= 15 is 0 Å². The minimum Gasteiger partial charge on any atom is -0.494 e. The Morgan fingerprint density at radius 2 is 1.37 bits per heavy atom. The fraction of sp³-hybridized carbons (Fsp3) is 0.500. The van der Waals surface area contributed by atoms with Crippen LogP contribution in [0.4, 0.5) is 5.69 Å². The van der Waals surface area contributed by atoms with E-state index in [0.717, 1.165) is 30.0 Å². The van der Waals surface area contributed by atoms with Crippen LogP contribution in [-0.2, 0) is 6.54 Å². The molecule has 0 heterocycles. The molecule has 0 spiro atoms. The van der Waals surface area contributed by atoms with Crippen molar-refractivity contribution in [1.29, 1.82) is 0 Å². The number of unbranched alkanes of at least 4 members (excludes halogenated alkanes) is 9. The van der Waals surface area contributed by atoms with Crippen molar-refractivity contribution in [2.24, 2.45) is 0 Å². The van der Waals surface area contributed by atoms with Gasteiger partial charge >= 0.3 is 5.97 Å². The van der Waals surface area contributed by atoms with E-state index in [2.05, 4.69) is 24.4 Å². The summed E-state index contributed by atoms with van der Waals surface area (Å²) in [5.41, 5.74) is 2.36. The monoisotopic (exact) mass is 411 g/mol. The van der Waals surface area contributed by atoms with E-state index in [9.17, 15) is 4.79 Å². The Bertz CT molecular complexity index is 710. The van der Waals surface area contributed by atoms with Gasteiger partial charge in [0, 0.05) is 12.2 Å². The summed E-state index contributed by atoms with van der Waals surface area (Å²) in [6, 6.07) is 14.9. The Morgan fingerprint density at radius 1 is 0.800 bits per heavy atom. The molecule has 4 nitrogen and oxygen atoms in total. The Kier molecular flexibility index (Phi) is 11.5. The predicted octanol–water partition coefficient (Wildman–Crippen LogP) is 7.30. The van der Waals surface area contributed by atoms with Crippen molar-refractivity contribution in [3.05, 3.63) is 59.7 Å². The van der Waals surface area contributed by atoms with Gasteiger partial charge < -0.3 is 15.2 Å². The zero-order valence-electron chi connectivity index (χ0n) is 18.4. The molecule has 0 saturated heterocycles. The standard InChI is InChI=1S/C26H37NO3/c1-2-3-4-5-6-7-8-9-10-11-20-30-25-18-12-22(13-19-25)21-27-24-16-14-23(15-17-24)26(28)29/h12-19,27H,2-11,20-21H2,1H3,(H,28,29). The van der Waals surface area contributed by atoms with Gasteiger partial charge in [0.2, 0.25) is 0 Å². The first kappa shape index (κ1) is 23.8. The van der Waals surface area contributed by atoms with Gasteiger partial charge in [0.1, 0.15) is 5.75 Å². The summed E-state index contributed by atoms with van der Waals surface area (Å²) in [5.74, 6) is 0.00966. The molecule has 0 unspecified atom stereocenters. The minimum atomic E-state index is -0.907. The molecule has 2 aromatic rings. The van der Waals surface area contributed by atoms with Gasteiger partial charge in [-0.2, -0.15) is 0 Å². The Morgan fingerprint density at radius 3 is 1.93 bits per heavy atom. The van der Waals surface area contributed by atoms with Gasteiger partial charge in [0.25, 0.3) is 0 Å². The molecule has 0 bridgehead atoms. The predicted molar refractivity (Wildman–Crippen MR) is 125 cm³/mol. The highest BCUT2D eigenvalue weighted by Gasteiger charge is 2.02. The summed E-state index contributed by atoms with van der Waals surface area (Å²) in [6.07, 6.45) is 13.3. The second-order valence-electron chi connectivity index (χ2n) is 7.91. The van der Waals surface area contributed by atoms with Crippen molar-refractivity contribution in [2.75, 3.05) is 11.9 Å². The number of hydrogen-bond donors (Lipinski definition) is 2. The Hall–Kier alpha value is -2.49. The lowest BCUT2D eigenvalue weighted by molar-refractivity contribution is 0.0697. The maximum atomic E-state index is 10.9. The number of nitrogens with one attached hydrogen (secondary N) is 1. The third kappa shape index (κ3) is 9.82. The van der Waals surface area contributed by atoms with Gasteiger partial charge in [0.05, 0.1) is 12.2 Å². The van der Waals surface area contributed by atoms with Crippen LogP contribution in [0, 0.1) is 0 Å². The summed E-state index contributed by atoms with van der Waals surface area (Å²) >= 11 is 0. The highest BCUT2D eigenvalue weighted by molar-refractivity contribution is 5.87. The van der Waals surface area contributed by atoms with Crippen molar-refractivity contribution < 1.29 is 14.6 Å². The quantitative estimate of drug-likeness (QED) is 0.285. The van der Waals surface area contributed by atoms with Crippen molar-refractivity contribution in [3.8, 4) is 5.75 Å². The zero-order valence-corrected chi connectivity index (χ0v) is 18.4. The van der Waals surface area contributed by atoms with E-state index in [1.54, 1.807) is 24.3 Å². The number of aromatic carboxylic acids is 1. The molecule has 4 heteroatoms. The minimum absolute atomic E-state index is 0.296. The topological polar surface area (TPSA) is 58.6 Å². The van der Waals surface area contributed by atoms with Gasteiger partial charge in [-0.3, -0.25) is 0 Å². The smallest absolute Gasteiger partial charge is 0.335 e. The molecule has 0 radical (unpaired) electrons. The number of carboxylic acids is 1. The van der Waals surface area contributed by atoms with Crippen LogP contribution < -0.4 is 10.1 Å². The first-order chi connectivity index (χ1) is 14.7. The van der Waals surface area contributed by atoms with Crippen LogP contribution in [0.25, 0.3) is 0 Å². The van der Waals surface area contributed by atoms with Crippen LogP contribution in [0.2, 0.25) is 0 Å². The molecule has 0 atom stereocenters. The van der Waals surface area contributed by atoms with E-state index in [1.165, 1.54) is 57.8 Å². The molecule has 0 aliphatic carbocycles. The van der Waals surface area contributed by atoms with Crippen LogP contribution in [0.15, 0.2) is 48.5 Å². The molecular weight excluding hydrogens is 374 g/mol. The lowest BCUT2D eigenvalue weighted by atomic mass is 10.1. The molecule has 0 fully saturated rings. The lowest BCUT2D eigenvalue weighted by Crippen LogP contribution is -2.01. The Labute approximate surface area is 181 Å². The zero-order chi connectivity index (χ0) is 21.4. The molecule has 2 N–H and O–H groups in total. The normalized spacial score (nSPS) is 10.7. The molecule has 30 heavy (non-hydrogen) atoms. The van der Waals surface area contributed by atoms with E-state index in [-0.39, 0.29) is 0 Å². The van der Waals surface area contributed by atoms with Crippen molar-refractivity contribution in [3.63, 3.8) is 0 Å². The maximum absolute atomic E-state index is 10.9. The molecule has 2 rings (SSSR count). The van der Waals surface area contributed by atoms with Gasteiger partial charge in [0.15, 0.2) is 0 Å². The summed E-state index contributed by atoms with van der Waals surface area (Å²) < 4.78 is 5.86.